The number of ether oxygens (including phenoxy) is 1. The van der Waals surface area contributed by atoms with Crippen LogP contribution in [-0.2, 0) is 11.3 Å². The topological polar surface area (TPSA) is 50.8 Å². The number of nitriles is 1. The highest BCUT2D eigenvalue weighted by Gasteiger charge is 2.24. The fourth-order valence-electron chi connectivity index (χ4n) is 2.54. The molecule has 1 aromatic heterocycles. The Bertz CT molecular complexity index is 683. The van der Waals surface area contributed by atoms with Crippen molar-refractivity contribution in [2.45, 2.75) is 45.2 Å². The molecular weight excluding hydrogens is 286 g/mol. The van der Waals surface area contributed by atoms with Crippen molar-refractivity contribution in [2.75, 3.05) is 6.61 Å². The van der Waals surface area contributed by atoms with Crippen LogP contribution in [-0.4, -0.2) is 21.8 Å². The SMILES string of the molecule is CCOC(C)(C)Cn1c(C(C)Cl)nc2c(C#N)cccc21. The Kier molecular flexibility index (Phi) is 4.55. The number of rotatable bonds is 5. The zero-order valence-electron chi connectivity index (χ0n) is 12.9. The Morgan fingerprint density at radius 3 is 2.76 bits per heavy atom. The minimum Gasteiger partial charge on any atom is -0.374 e. The van der Waals surface area contributed by atoms with Gasteiger partial charge >= 0.3 is 0 Å². The number of para-hydroxylation sites is 1. The van der Waals surface area contributed by atoms with Gasteiger partial charge in [-0.25, -0.2) is 4.98 Å². The van der Waals surface area contributed by atoms with E-state index in [1.165, 1.54) is 0 Å². The summed E-state index contributed by atoms with van der Waals surface area (Å²) in [4.78, 5) is 4.58. The van der Waals surface area contributed by atoms with Crippen LogP contribution < -0.4 is 0 Å². The molecule has 0 saturated carbocycles. The van der Waals surface area contributed by atoms with Crippen LogP contribution in [0.2, 0.25) is 0 Å². The van der Waals surface area contributed by atoms with Gasteiger partial charge in [-0.2, -0.15) is 5.26 Å². The number of nitrogens with zero attached hydrogens (tertiary/aromatic N) is 3. The van der Waals surface area contributed by atoms with Crippen LogP contribution in [0.25, 0.3) is 11.0 Å². The van der Waals surface area contributed by atoms with Crippen molar-refractivity contribution >= 4 is 22.6 Å². The maximum Gasteiger partial charge on any atom is 0.127 e. The summed E-state index contributed by atoms with van der Waals surface area (Å²) in [6.07, 6.45) is 0. The zero-order chi connectivity index (χ0) is 15.6. The van der Waals surface area contributed by atoms with Crippen LogP contribution in [0.3, 0.4) is 0 Å². The molecule has 0 bridgehead atoms. The zero-order valence-corrected chi connectivity index (χ0v) is 13.6. The molecule has 0 fully saturated rings. The fourth-order valence-corrected chi connectivity index (χ4v) is 2.71. The molecule has 1 heterocycles. The maximum atomic E-state index is 9.23. The molecule has 4 nitrogen and oxygen atoms in total. The monoisotopic (exact) mass is 305 g/mol. The average molecular weight is 306 g/mol. The van der Waals surface area contributed by atoms with Gasteiger partial charge in [0.15, 0.2) is 0 Å². The molecule has 0 radical (unpaired) electrons. The largest absolute Gasteiger partial charge is 0.374 e. The third kappa shape index (κ3) is 3.20. The summed E-state index contributed by atoms with van der Waals surface area (Å²) in [5.41, 5.74) is 1.86. The second-order valence-electron chi connectivity index (χ2n) is 5.65. The van der Waals surface area contributed by atoms with Crippen LogP contribution in [0.1, 0.15) is 44.5 Å². The van der Waals surface area contributed by atoms with E-state index >= 15 is 0 Å². The number of imidazole rings is 1. The van der Waals surface area contributed by atoms with Crippen molar-refractivity contribution in [2.24, 2.45) is 0 Å². The highest BCUT2D eigenvalue weighted by atomic mass is 35.5. The quantitative estimate of drug-likeness (QED) is 0.784. The van der Waals surface area contributed by atoms with Gasteiger partial charge in [-0.1, -0.05) is 6.07 Å². The smallest absolute Gasteiger partial charge is 0.127 e. The van der Waals surface area contributed by atoms with E-state index in [4.69, 9.17) is 16.3 Å². The van der Waals surface area contributed by atoms with E-state index in [0.29, 0.717) is 24.2 Å². The van der Waals surface area contributed by atoms with Gasteiger partial charge < -0.3 is 9.30 Å². The summed E-state index contributed by atoms with van der Waals surface area (Å²) in [7, 11) is 0. The van der Waals surface area contributed by atoms with E-state index in [9.17, 15) is 5.26 Å². The molecule has 0 amide bonds. The van der Waals surface area contributed by atoms with E-state index < -0.39 is 0 Å². The first-order chi connectivity index (χ1) is 9.89. The van der Waals surface area contributed by atoms with Gasteiger partial charge in [0.1, 0.15) is 17.4 Å². The average Bonchev–Trinajstić information content (AvgIpc) is 2.77. The molecule has 1 aromatic carbocycles. The molecule has 0 saturated heterocycles. The molecule has 21 heavy (non-hydrogen) atoms. The van der Waals surface area contributed by atoms with Crippen molar-refractivity contribution in [1.82, 2.24) is 9.55 Å². The predicted molar refractivity (Wildman–Crippen MR) is 84.4 cm³/mol. The van der Waals surface area contributed by atoms with Crippen LogP contribution in [0.5, 0.6) is 0 Å². The number of aromatic nitrogens is 2. The van der Waals surface area contributed by atoms with Gasteiger partial charge in [-0.05, 0) is 39.8 Å². The standard InChI is InChI=1S/C16H20ClN3O/c1-5-21-16(3,4)10-20-13-8-6-7-12(9-18)14(13)19-15(20)11(2)17/h6-8,11H,5,10H2,1-4H3. The van der Waals surface area contributed by atoms with Crippen molar-refractivity contribution in [1.29, 1.82) is 5.26 Å². The molecule has 2 aromatic rings. The minimum atomic E-state index is -0.328. The molecule has 5 heteroatoms. The molecule has 0 aliphatic heterocycles. The number of benzene rings is 1. The maximum absolute atomic E-state index is 9.23. The van der Waals surface area contributed by atoms with E-state index in [-0.39, 0.29) is 11.0 Å². The Labute approximate surface area is 130 Å². The lowest BCUT2D eigenvalue weighted by Crippen LogP contribution is -2.31. The summed E-state index contributed by atoms with van der Waals surface area (Å²) in [5, 5.41) is 9.00. The summed E-state index contributed by atoms with van der Waals surface area (Å²) in [5.74, 6) is 0.766. The summed E-state index contributed by atoms with van der Waals surface area (Å²) < 4.78 is 7.85. The van der Waals surface area contributed by atoms with Gasteiger partial charge in [0.2, 0.25) is 0 Å². The number of fused-ring (bicyclic) bond motifs is 1. The summed E-state index contributed by atoms with van der Waals surface area (Å²) in [6.45, 7) is 9.23. The molecule has 0 spiro atoms. The highest BCUT2D eigenvalue weighted by Crippen LogP contribution is 2.28. The first-order valence-corrected chi connectivity index (χ1v) is 7.50. The van der Waals surface area contributed by atoms with Crippen molar-refractivity contribution in [3.05, 3.63) is 29.6 Å². The van der Waals surface area contributed by atoms with Gasteiger partial charge in [-0.3, -0.25) is 0 Å². The molecule has 2 rings (SSSR count). The van der Waals surface area contributed by atoms with E-state index in [2.05, 4.69) is 15.6 Å². The predicted octanol–water partition coefficient (Wildman–Crippen LogP) is 4.02. The molecule has 1 atom stereocenters. The lowest BCUT2D eigenvalue weighted by Gasteiger charge is -2.26. The number of hydrogen-bond donors (Lipinski definition) is 0. The fraction of sp³-hybridized carbons (Fsp3) is 0.500. The van der Waals surface area contributed by atoms with Crippen LogP contribution in [0.4, 0.5) is 0 Å². The second kappa shape index (κ2) is 6.05. The Balaban J connectivity index is 2.60. The first kappa shape index (κ1) is 15.8. The van der Waals surface area contributed by atoms with Crippen LogP contribution >= 0.6 is 11.6 Å². The van der Waals surface area contributed by atoms with Crippen molar-refractivity contribution in [3.8, 4) is 6.07 Å². The van der Waals surface area contributed by atoms with Gasteiger partial charge in [0, 0.05) is 6.61 Å². The van der Waals surface area contributed by atoms with E-state index in [1.807, 2.05) is 39.8 Å². The molecule has 0 N–H and O–H groups in total. The molecular formula is C16H20ClN3O. The van der Waals surface area contributed by atoms with Crippen LogP contribution in [0.15, 0.2) is 18.2 Å². The Morgan fingerprint density at radius 1 is 1.48 bits per heavy atom. The van der Waals surface area contributed by atoms with Gasteiger partial charge in [0.25, 0.3) is 0 Å². The van der Waals surface area contributed by atoms with Crippen LogP contribution in [0, 0.1) is 11.3 Å². The Morgan fingerprint density at radius 2 is 2.19 bits per heavy atom. The molecule has 1 unspecified atom stereocenters. The number of halogens is 1. The van der Waals surface area contributed by atoms with Crippen molar-refractivity contribution < 1.29 is 4.74 Å². The Hall–Kier alpha value is -1.57. The third-order valence-corrected chi connectivity index (χ3v) is 3.55. The van der Waals surface area contributed by atoms with E-state index in [0.717, 1.165) is 11.3 Å². The summed E-state index contributed by atoms with van der Waals surface area (Å²) in [6, 6.07) is 7.80. The lowest BCUT2D eigenvalue weighted by molar-refractivity contribution is -0.0221. The number of alkyl halides is 1. The lowest BCUT2D eigenvalue weighted by atomic mass is 10.1. The normalized spacial score (nSPS) is 13.3. The number of hydrogen-bond acceptors (Lipinski definition) is 3. The van der Waals surface area contributed by atoms with E-state index in [1.54, 1.807) is 6.07 Å². The molecule has 112 valence electrons. The first-order valence-electron chi connectivity index (χ1n) is 7.07. The summed E-state index contributed by atoms with van der Waals surface area (Å²) >= 11 is 6.27. The molecule has 0 aliphatic rings. The second-order valence-corrected chi connectivity index (χ2v) is 6.30. The molecule has 0 aliphatic carbocycles. The van der Waals surface area contributed by atoms with Gasteiger partial charge in [-0.15, -0.1) is 11.6 Å². The highest BCUT2D eigenvalue weighted by molar-refractivity contribution is 6.20. The van der Waals surface area contributed by atoms with Gasteiger partial charge in [0.05, 0.1) is 28.6 Å². The third-order valence-electron chi connectivity index (χ3n) is 3.36. The minimum absolute atomic E-state index is 0.235. The van der Waals surface area contributed by atoms with Crippen molar-refractivity contribution in [3.63, 3.8) is 0 Å².